The van der Waals surface area contributed by atoms with Crippen LogP contribution in [0.5, 0.6) is 0 Å². The van der Waals surface area contributed by atoms with Gasteiger partial charge in [0.25, 0.3) is 0 Å². The summed E-state index contributed by atoms with van der Waals surface area (Å²) in [6, 6.07) is 5.91. The van der Waals surface area contributed by atoms with Gasteiger partial charge in [-0.1, -0.05) is 32.9 Å². The van der Waals surface area contributed by atoms with Gasteiger partial charge >= 0.3 is 0 Å². The topological polar surface area (TPSA) is 75.4 Å². The molecule has 0 fully saturated rings. The van der Waals surface area contributed by atoms with Crippen LogP contribution in [0.2, 0.25) is 0 Å². The highest BCUT2D eigenvalue weighted by Gasteiger charge is 2.22. The van der Waals surface area contributed by atoms with Crippen molar-refractivity contribution in [3.8, 4) is 0 Å². The molecule has 2 amide bonds. The van der Waals surface area contributed by atoms with Crippen molar-refractivity contribution in [3.05, 3.63) is 35.6 Å². The number of likely N-dealkylation sites (N-methyl/N-ethyl adjacent to an activating group) is 1. The van der Waals surface area contributed by atoms with Gasteiger partial charge in [-0.15, -0.1) is 0 Å². The molecule has 0 aliphatic heterocycles. The second-order valence-corrected chi connectivity index (χ2v) is 7.08. The second kappa shape index (κ2) is 8.06. The van der Waals surface area contributed by atoms with E-state index in [-0.39, 0.29) is 36.3 Å². The van der Waals surface area contributed by atoms with Gasteiger partial charge < -0.3 is 11.1 Å². The Morgan fingerprint density at radius 3 is 2.26 bits per heavy atom. The largest absolute Gasteiger partial charge is 0.369 e. The molecule has 0 saturated heterocycles. The van der Waals surface area contributed by atoms with Crippen LogP contribution in [0.4, 0.5) is 4.39 Å². The molecule has 1 rings (SSSR count). The zero-order valence-electron chi connectivity index (χ0n) is 14.2. The summed E-state index contributed by atoms with van der Waals surface area (Å²) in [6.07, 6.45) is 0.712. The number of nitrogens with one attached hydrogen (secondary N) is 1. The summed E-state index contributed by atoms with van der Waals surface area (Å²) in [5.41, 5.74) is 5.96. The fourth-order valence-corrected chi connectivity index (χ4v) is 2.37. The lowest BCUT2D eigenvalue weighted by molar-refractivity contribution is -0.124. The third kappa shape index (κ3) is 7.74. The first-order chi connectivity index (χ1) is 10.6. The van der Waals surface area contributed by atoms with Gasteiger partial charge in [-0.25, -0.2) is 4.39 Å². The van der Waals surface area contributed by atoms with E-state index in [9.17, 15) is 14.0 Å². The zero-order chi connectivity index (χ0) is 17.6. The van der Waals surface area contributed by atoms with Crippen molar-refractivity contribution in [2.75, 3.05) is 20.1 Å². The number of primary amides is 1. The number of rotatable bonds is 7. The quantitative estimate of drug-likeness (QED) is 0.804. The maximum absolute atomic E-state index is 13.1. The molecule has 0 radical (unpaired) electrons. The average molecular weight is 323 g/mol. The number of halogens is 1. The molecule has 5 nitrogen and oxygen atoms in total. The number of carbonyl (C=O) groups is 2. The van der Waals surface area contributed by atoms with Gasteiger partial charge in [0.2, 0.25) is 11.8 Å². The summed E-state index contributed by atoms with van der Waals surface area (Å²) in [5, 5.41) is 2.96. The summed E-state index contributed by atoms with van der Waals surface area (Å²) >= 11 is 0. The average Bonchev–Trinajstić information content (AvgIpc) is 2.35. The third-order valence-corrected chi connectivity index (χ3v) is 3.26. The van der Waals surface area contributed by atoms with Crippen LogP contribution in [0.25, 0.3) is 0 Å². The first-order valence-electron chi connectivity index (χ1n) is 7.58. The van der Waals surface area contributed by atoms with Gasteiger partial charge in [0.05, 0.1) is 19.1 Å². The summed E-state index contributed by atoms with van der Waals surface area (Å²) in [5.74, 6) is -0.992. The molecule has 23 heavy (non-hydrogen) atoms. The SMILES string of the molecule is CN(CC(N)=O)CC(=O)NC(CC(C)(C)C)c1ccc(F)cc1. The van der Waals surface area contributed by atoms with Gasteiger partial charge in [-0.3, -0.25) is 14.5 Å². The molecule has 1 aromatic rings. The van der Waals surface area contributed by atoms with Crippen LogP contribution in [-0.2, 0) is 9.59 Å². The lowest BCUT2D eigenvalue weighted by Crippen LogP contribution is -2.41. The number of hydrogen-bond acceptors (Lipinski definition) is 3. The Hall–Kier alpha value is -1.95. The van der Waals surface area contributed by atoms with Crippen LogP contribution in [0.15, 0.2) is 24.3 Å². The predicted octanol–water partition coefficient (Wildman–Crippen LogP) is 1.84. The molecule has 0 heterocycles. The van der Waals surface area contributed by atoms with Crippen molar-refractivity contribution in [2.45, 2.75) is 33.2 Å². The van der Waals surface area contributed by atoms with Crippen molar-refractivity contribution in [1.29, 1.82) is 0 Å². The molecule has 0 spiro atoms. The van der Waals surface area contributed by atoms with Crippen molar-refractivity contribution in [2.24, 2.45) is 11.1 Å². The van der Waals surface area contributed by atoms with E-state index in [0.717, 1.165) is 5.56 Å². The van der Waals surface area contributed by atoms with E-state index >= 15 is 0 Å². The van der Waals surface area contributed by atoms with Crippen LogP contribution < -0.4 is 11.1 Å². The van der Waals surface area contributed by atoms with E-state index in [2.05, 4.69) is 26.1 Å². The highest BCUT2D eigenvalue weighted by Crippen LogP contribution is 2.29. The Morgan fingerprint density at radius 2 is 1.78 bits per heavy atom. The first kappa shape index (κ1) is 19.1. The smallest absolute Gasteiger partial charge is 0.234 e. The molecular formula is C17H26FN3O2. The van der Waals surface area contributed by atoms with E-state index < -0.39 is 5.91 Å². The van der Waals surface area contributed by atoms with Crippen molar-refractivity contribution in [1.82, 2.24) is 10.2 Å². The van der Waals surface area contributed by atoms with E-state index in [1.54, 1.807) is 24.1 Å². The molecule has 0 saturated carbocycles. The van der Waals surface area contributed by atoms with Gasteiger partial charge in [0.1, 0.15) is 5.82 Å². The van der Waals surface area contributed by atoms with Crippen LogP contribution >= 0.6 is 0 Å². The standard InChI is InChI=1S/C17H26FN3O2/c1-17(2,3)9-14(12-5-7-13(18)8-6-12)20-16(23)11-21(4)10-15(19)22/h5-8,14H,9-11H2,1-4H3,(H2,19,22)(H,20,23). The number of amides is 2. The van der Waals surface area contributed by atoms with Crippen LogP contribution in [0, 0.1) is 11.2 Å². The molecule has 3 N–H and O–H groups in total. The molecular weight excluding hydrogens is 297 g/mol. The highest BCUT2D eigenvalue weighted by atomic mass is 19.1. The van der Waals surface area contributed by atoms with Gasteiger partial charge in [0.15, 0.2) is 0 Å². The Labute approximate surface area is 137 Å². The van der Waals surface area contributed by atoms with Crippen molar-refractivity contribution < 1.29 is 14.0 Å². The minimum absolute atomic E-state index is 0.00847. The number of carbonyl (C=O) groups excluding carboxylic acids is 2. The summed E-state index contributed by atoms with van der Waals surface area (Å²) < 4.78 is 13.1. The maximum atomic E-state index is 13.1. The van der Waals surface area contributed by atoms with Gasteiger partial charge in [-0.2, -0.15) is 0 Å². The minimum Gasteiger partial charge on any atom is -0.369 e. The van der Waals surface area contributed by atoms with Crippen LogP contribution in [0.3, 0.4) is 0 Å². The molecule has 0 aliphatic carbocycles. The molecule has 1 aromatic carbocycles. The maximum Gasteiger partial charge on any atom is 0.234 e. The van der Waals surface area contributed by atoms with E-state index in [1.165, 1.54) is 12.1 Å². The molecule has 1 atom stereocenters. The van der Waals surface area contributed by atoms with Crippen LogP contribution in [-0.4, -0.2) is 36.9 Å². The molecule has 0 aliphatic rings. The lowest BCUT2D eigenvalue weighted by atomic mass is 9.85. The lowest BCUT2D eigenvalue weighted by Gasteiger charge is -2.28. The molecule has 6 heteroatoms. The molecule has 1 unspecified atom stereocenters. The van der Waals surface area contributed by atoms with Gasteiger partial charge in [0, 0.05) is 0 Å². The molecule has 0 bridgehead atoms. The normalized spacial score (nSPS) is 13.0. The Bertz CT molecular complexity index is 538. The Kier molecular flexibility index (Phi) is 6.69. The molecule has 0 aromatic heterocycles. The Balaban J connectivity index is 2.78. The second-order valence-electron chi connectivity index (χ2n) is 7.08. The monoisotopic (exact) mass is 323 g/mol. The predicted molar refractivity (Wildman–Crippen MR) is 88.0 cm³/mol. The zero-order valence-corrected chi connectivity index (χ0v) is 14.2. The highest BCUT2D eigenvalue weighted by molar-refractivity contribution is 5.80. The van der Waals surface area contributed by atoms with E-state index in [4.69, 9.17) is 5.73 Å². The number of benzene rings is 1. The van der Waals surface area contributed by atoms with Crippen LogP contribution in [0.1, 0.15) is 38.8 Å². The van der Waals surface area contributed by atoms with Crippen molar-refractivity contribution in [3.63, 3.8) is 0 Å². The number of nitrogens with zero attached hydrogens (tertiary/aromatic N) is 1. The number of hydrogen-bond donors (Lipinski definition) is 2. The third-order valence-electron chi connectivity index (χ3n) is 3.26. The van der Waals surface area contributed by atoms with Crippen molar-refractivity contribution >= 4 is 11.8 Å². The summed E-state index contributed by atoms with van der Waals surface area (Å²) in [4.78, 5) is 24.6. The minimum atomic E-state index is -0.481. The van der Waals surface area contributed by atoms with E-state index in [0.29, 0.717) is 6.42 Å². The van der Waals surface area contributed by atoms with Gasteiger partial charge in [-0.05, 0) is 36.6 Å². The first-order valence-corrected chi connectivity index (χ1v) is 7.58. The fraction of sp³-hybridized carbons (Fsp3) is 0.529. The fourth-order valence-electron chi connectivity index (χ4n) is 2.37. The van der Waals surface area contributed by atoms with E-state index in [1.807, 2.05) is 0 Å². The number of nitrogens with two attached hydrogens (primary N) is 1. The summed E-state index contributed by atoms with van der Waals surface area (Å²) in [7, 11) is 1.65. The molecule has 128 valence electrons. The summed E-state index contributed by atoms with van der Waals surface area (Å²) in [6.45, 7) is 6.33. The Morgan fingerprint density at radius 1 is 1.22 bits per heavy atom.